The van der Waals surface area contributed by atoms with Crippen LogP contribution >= 0.6 is 11.6 Å². The second kappa shape index (κ2) is 12.2. The van der Waals surface area contributed by atoms with E-state index in [1.807, 2.05) is 61.2 Å². The molecule has 2 aromatic carbocycles. The van der Waals surface area contributed by atoms with Gasteiger partial charge in [-0.25, -0.2) is 0 Å². The molecule has 1 N–H and O–H groups in total. The van der Waals surface area contributed by atoms with E-state index in [-0.39, 0.29) is 30.9 Å². The van der Waals surface area contributed by atoms with E-state index in [0.717, 1.165) is 29.0 Å². The van der Waals surface area contributed by atoms with Gasteiger partial charge in [-0.3, -0.25) is 9.59 Å². The standard InChI is InChI=1S/C29H37ClN2O5/c1-21-15-25(16-22(2)28(21)30)37-20-29(17-26(34)31-13-9-23(33)10-14-31)11-6-12-32(19-29)27(35)18-36-24-7-4-3-5-8-24/h3-5,7-8,15-16,23,33H,6,9-14,17-20H2,1-2H3. The summed E-state index contributed by atoms with van der Waals surface area (Å²) in [7, 11) is 0. The number of likely N-dealkylation sites (tertiary alicyclic amines) is 2. The molecule has 0 bridgehead atoms. The van der Waals surface area contributed by atoms with Crippen molar-refractivity contribution in [1.82, 2.24) is 9.80 Å². The number of carbonyl (C=O) groups excluding carboxylic acids is 2. The van der Waals surface area contributed by atoms with Crippen molar-refractivity contribution in [3.63, 3.8) is 0 Å². The Balaban J connectivity index is 1.48. The van der Waals surface area contributed by atoms with Gasteiger partial charge in [0.1, 0.15) is 11.5 Å². The summed E-state index contributed by atoms with van der Waals surface area (Å²) in [4.78, 5) is 30.1. The van der Waals surface area contributed by atoms with Crippen LogP contribution in [0.2, 0.25) is 5.02 Å². The van der Waals surface area contributed by atoms with Gasteiger partial charge in [-0.05, 0) is 74.9 Å². The fraction of sp³-hybridized carbons (Fsp3) is 0.517. The smallest absolute Gasteiger partial charge is 0.260 e. The molecule has 0 saturated carbocycles. The van der Waals surface area contributed by atoms with E-state index in [1.54, 1.807) is 4.90 Å². The maximum Gasteiger partial charge on any atom is 0.260 e. The van der Waals surface area contributed by atoms with E-state index < -0.39 is 5.41 Å². The molecular formula is C29H37ClN2O5. The van der Waals surface area contributed by atoms with E-state index in [1.165, 1.54) is 0 Å². The fourth-order valence-corrected chi connectivity index (χ4v) is 5.37. The lowest BCUT2D eigenvalue weighted by molar-refractivity contribution is -0.143. The highest BCUT2D eigenvalue weighted by atomic mass is 35.5. The van der Waals surface area contributed by atoms with Gasteiger partial charge in [0, 0.05) is 43.0 Å². The van der Waals surface area contributed by atoms with Gasteiger partial charge < -0.3 is 24.4 Å². The number of benzene rings is 2. The van der Waals surface area contributed by atoms with Gasteiger partial charge in [0.05, 0.1) is 12.7 Å². The van der Waals surface area contributed by atoms with E-state index >= 15 is 0 Å². The molecule has 2 aliphatic rings. The average molecular weight is 529 g/mol. The van der Waals surface area contributed by atoms with Crippen molar-refractivity contribution in [1.29, 1.82) is 0 Å². The zero-order valence-corrected chi connectivity index (χ0v) is 22.5. The number of amides is 2. The highest BCUT2D eigenvalue weighted by molar-refractivity contribution is 6.32. The van der Waals surface area contributed by atoms with Crippen molar-refractivity contribution in [2.45, 2.75) is 52.1 Å². The summed E-state index contributed by atoms with van der Waals surface area (Å²) in [5.41, 5.74) is 1.36. The minimum Gasteiger partial charge on any atom is -0.493 e. The fourth-order valence-electron chi connectivity index (χ4n) is 5.26. The SMILES string of the molecule is Cc1cc(OCC2(CC(=O)N3CCC(O)CC3)CCCN(C(=O)COc3ccccc3)C2)cc(C)c1Cl. The maximum absolute atomic E-state index is 13.4. The first-order valence-electron chi connectivity index (χ1n) is 13.1. The van der Waals surface area contributed by atoms with Crippen LogP contribution in [0.5, 0.6) is 11.5 Å². The van der Waals surface area contributed by atoms with Gasteiger partial charge in [0.15, 0.2) is 6.61 Å². The summed E-state index contributed by atoms with van der Waals surface area (Å²) in [6.45, 7) is 6.33. The third kappa shape index (κ3) is 7.17. The molecule has 2 amide bonds. The molecule has 2 aromatic rings. The summed E-state index contributed by atoms with van der Waals surface area (Å²) >= 11 is 6.34. The van der Waals surface area contributed by atoms with E-state index in [4.69, 9.17) is 21.1 Å². The number of ether oxygens (including phenoxy) is 2. The van der Waals surface area contributed by atoms with Crippen LogP contribution in [0.1, 0.15) is 43.2 Å². The predicted molar refractivity (Wildman–Crippen MR) is 143 cm³/mol. The second-order valence-electron chi connectivity index (χ2n) is 10.5. The normalized spacial score (nSPS) is 20.5. The van der Waals surface area contributed by atoms with Gasteiger partial charge in [0.25, 0.3) is 5.91 Å². The third-order valence-electron chi connectivity index (χ3n) is 7.42. The van der Waals surface area contributed by atoms with Crippen LogP contribution in [-0.4, -0.2) is 72.2 Å². The number of hydrogen-bond acceptors (Lipinski definition) is 5. The number of halogens is 1. The Hall–Kier alpha value is -2.77. The molecule has 2 saturated heterocycles. The second-order valence-corrected chi connectivity index (χ2v) is 10.8. The number of rotatable bonds is 8. The van der Waals surface area contributed by atoms with Crippen LogP contribution in [0.15, 0.2) is 42.5 Å². The van der Waals surface area contributed by atoms with Crippen LogP contribution in [0.4, 0.5) is 0 Å². The Morgan fingerprint density at radius 1 is 0.973 bits per heavy atom. The zero-order chi connectivity index (χ0) is 26.4. The van der Waals surface area contributed by atoms with E-state index in [0.29, 0.717) is 57.1 Å². The number of carbonyl (C=O) groups is 2. The molecule has 0 spiro atoms. The molecule has 37 heavy (non-hydrogen) atoms. The molecule has 2 aliphatic heterocycles. The molecule has 1 unspecified atom stereocenters. The van der Waals surface area contributed by atoms with Crippen LogP contribution in [0, 0.1) is 19.3 Å². The summed E-state index contributed by atoms with van der Waals surface area (Å²) in [6, 6.07) is 13.1. The quantitative estimate of drug-likeness (QED) is 0.549. The highest BCUT2D eigenvalue weighted by Gasteiger charge is 2.41. The molecule has 0 aliphatic carbocycles. The van der Waals surface area contributed by atoms with Crippen molar-refractivity contribution < 1.29 is 24.2 Å². The van der Waals surface area contributed by atoms with E-state index in [9.17, 15) is 14.7 Å². The predicted octanol–water partition coefficient (Wildman–Crippen LogP) is 4.40. The van der Waals surface area contributed by atoms with Crippen molar-refractivity contribution in [2.24, 2.45) is 5.41 Å². The number of aliphatic hydroxyl groups is 1. The lowest BCUT2D eigenvalue weighted by atomic mass is 9.77. The maximum atomic E-state index is 13.4. The Kier molecular flexibility index (Phi) is 8.98. The first-order valence-corrected chi connectivity index (χ1v) is 13.4. The lowest BCUT2D eigenvalue weighted by Crippen LogP contribution is -2.52. The van der Waals surface area contributed by atoms with Gasteiger partial charge in [0.2, 0.25) is 5.91 Å². The Bertz CT molecular complexity index is 1060. The van der Waals surface area contributed by atoms with Crippen molar-refractivity contribution >= 4 is 23.4 Å². The Morgan fingerprint density at radius 2 is 1.65 bits per heavy atom. The molecule has 0 radical (unpaired) electrons. The first kappa shape index (κ1) is 27.3. The molecule has 0 aromatic heterocycles. The van der Waals surface area contributed by atoms with Crippen LogP contribution in [-0.2, 0) is 9.59 Å². The minimum atomic E-state index is -0.519. The largest absolute Gasteiger partial charge is 0.493 e. The first-order chi connectivity index (χ1) is 17.7. The highest BCUT2D eigenvalue weighted by Crippen LogP contribution is 2.36. The molecule has 7 nitrogen and oxygen atoms in total. The van der Waals surface area contributed by atoms with Gasteiger partial charge in [-0.2, -0.15) is 0 Å². The van der Waals surface area contributed by atoms with Crippen LogP contribution < -0.4 is 9.47 Å². The van der Waals surface area contributed by atoms with Crippen molar-refractivity contribution in [3.05, 3.63) is 58.6 Å². The third-order valence-corrected chi connectivity index (χ3v) is 8.01. The van der Waals surface area contributed by atoms with Gasteiger partial charge in [-0.1, -0.05) is 29.8 Å². The van der Waals surface area contributed by atoms with Crippen molar-refractivity contribution in [3.8, 4) is 11.5 Å². The molecule has 200 valence electrons. The molecule has 2 heterocycles. The topological polar surface area (TPSA) is 79.3 Å². The number of aliphatic hydroxyl groups excluding tert-OH is 1. The Labute approximate surface area is 224 Å². The van der Waals surface area contributed by atoms with Gasteiger partial charge in [-0.15, -0.1) is 0 Å². The van der Waals surface area contributed by atoms with Crippen molar-refractivity contribution in [2.75, 3.05) is 39.4 Å². The van der Waals surface area contributed by atoms with Crippen LogP contribution in [0.3, 0.4) is 0 Å². The monoisotopic (exact) mass is 528 g/mol. The zero-order valence-electron chi connectivity index (χ0n) is 21.7. The minimum absolute atomic E-state index is 0.0471. The summed E-state index contributed by atoms with van der Waals surface area (Å²) in [5, 5.41) is 10.6. The summed E-state index contributed by atoms with van der Waals surface area (Å²) in [5.74, 6) is 1.31. The number of para-hydroxylation sites is 1. The number of aryl methyl sites for hydroxylation is 2. The molecule has 1 atom stereocenters. The molecule has 2 fully saturated rings. The Morgan fingerprint density at radius 3 is 2.32 bits per heavy atom. The number of piperidine rings is 2. The lowest BCUT2D eigenvalue weighted by Gasteiger charge is -2.43. The molecule has 8 heteroatoms. The molecular weight excluding hydrogens is 492 g/mol. The summed E-state index contributed by atoms with van der Waals surface area (Å²) in [6.07, 6.45) is 2.71. The molecule has 4 rings (SSSR count). The average Bonchev–Trinajstić information content (AvgIpc) is 2.90. The van der Waals surface area contributed by atoms with Crippen LogP contribution in [0.25, 0.3) is 0 Å². The summed E-state index contributed by atoms with van der Waals surface area (Å²) < 4.78 is 12.0. The van der Waals surface area contributed by atoms with Gasteiger partial charge >= 0.3 is 0 Å². The van der Waals surface area contributed by atoms with E-state index in [2.05, 4.69) is 0 Å². The number of nitrogens with zero attached hydrogens (tertiary/aromatic N) is 2. The number of hydrogen-bond donors (Lipinski definition) is 1.